The lowest BCUT2D eigenvalue weighted by atomic mass is 9.85. The van der Waals surface area contributed by atoms with Gasteiger partial charge in [-0.3, -0.25) is 38.4 Å². The fraction of sp³-hybridized carbons (Fsp3) is 0.536. The van der Waals surface area contributed by atoms with Crippen LogP contribution in [0.4, 0.5) is 5.69 Å². The second-order valence-corrected chi connectivity index (χ2v) is 21.7. The van der Waals surface area contributed by atoms with E-state index in [1.807, 2.05) is 63.2 Å². The molecule has 0 spiro atoms. The molecule has 0 bridgehead atoms. The zero-order chi connectivity index (χ0) is 54.7. The van der Waals surface area contributed by atoms with Gasteiger partial charge in [0.15, 0.2) is 0 Å². The number of likely N-dealkylation sites (N-methyl/N-ethyl adjacent to an activating group) is 2. The van der Waals surface area contributed by atoms with Crippen LogP contribution in [0.25, 0.3) is 0 Å². The lowest BCUT2D eigenvalue weighted by Crippen LogP contribution is -2.59. The minimum absolute atomic E-state index is 0.0216. The van der Waals surface area contributed by atoms with Crippen molar-refractivity contribution in [2.24, 2.45) is 11.3 Å². The number of anilines is 1. The standard InChI is InChI=1S/C56H79N11O8/c1-31(2)46(65-48(68)32(3)58-8)54(74)64-44(52(72)62-42-22-14-18-34-16-10-12-20-40(34)42)24-25-60-50(70)36-26-37(28-38(57)27-36)51(71)61-39-29-45(53(73)63-43-23-15-19-35-17-11-13-21-41(35)43)67(30-39)55(75)47(56(5,6)7)66-49(69)33(4)59-9/h10-13,16-17,20-21,26-28,31-33,39,42-47,58-59H,14-15,18-19,22-25,29-30,57H2,1-9H3,(H,60,70)(H,61,71)(H,62,72)(H,63,73)(H,64,74)(H,65,68)(H,66,69)/t32-,33-,39-,42+,43+,44-,45-,46-,47+/m0/s1. The number of hydrogen-bond acceptors (Lipinski definition) is 11. The molecule has 3 aliphatic rings. The number of rotatable bonds is 20. The molecule has 2 aliphatic carbocycles. The SMILES string of the molecule is CN[C@@H](C)C(=O)N[C@H](C(=O)N[C@@H](CCNC(=O)c1cc(N)cc(C(=O)N[C@H]2C[C@@H](C(=O)N[C@@H]3CCCc4ccccc43)N(C(=O)[C@@H](NC(=O)[C@H](C)NC)C(C)(C)C)C2)c1)C(=O)N[C@@H]1CCCc2ccccc21)C(C)C. The summed E-state index contributed by atoms with van der Waals surface area (Å²) in [5.74, 6) is -4.13. The van der Waals surface area contributed by atoms with Crippen molar-refractivity contribution in [2.45, 2.75) is 154 Å². The van der Waals surface area contributed by atoms with Crippen LogP contribution >= 0.6 is 0 Å². The van der Waals surface area contributed by atoms with E-state index in [1.165, 1.54) is 23.1 Å². The van der Waals surface area contributed by atoms with Gasteiger partial charge < -0.3 is 58.5 Å². The van der Waals surface area contributed by atoms with Crippen LogP contribution < -0.4 is 53.6 Å². The van der Waals surface area contributed by atoms with Crippen molar-refractivity contribution < 1.29 is 38.4 Å². The second-order valence-electron chi connectivity index (χ2n) is 21.7. The fourth-order valence-corrected chi connectivity index (χ4v) is 10.1. The van der Waals surface area contributed by atoms with Gasteiger partial charge in [-0.05, 0) is 131 Å². The summed E-state index contributed by atoms with van der Waals surface area (Å²) >= 11 is 0. The molecule has 9 atom stereocenters. The molecule has 19 nitrogen and oxygen atoms in total. The molecule has 1 saturated heterocycles. The molecule has 0 aromatic heterocycles. The van der Waals surface area contributed by atoms with Crippen LogP contribution in [0.5, 0.6) is 0 Å². The summed E-state index contributed by atoms with van der Waals surface area (Å²) in [6.07, 6.45) is 4.99. The Morgan fingerprint density at radius 3 is 1.77 bits per heavy atom. The summed E-state index contributed by atoms with van der Waals surface area (Å²) in [5.41, 5.74) is 10.1. The van der Waals surface area contributed by atoms with Gasteiger partial charge in [0.1, 0.15) is 24.2 Å². The average Bonchev–Trinajstić information content (AvgIpc) is 3.81. The number of carbonyl (C=O) groups excluding carboxylic acids is 8. The normalized spacial score (nSPS) is 20.2. The molecule has 3 aromatic rings. The van der Waals surface area contributed by atoms with Crippen LogP contribution in [0, 0.1) is 11.3 Å². The van der Waals surface area contributed by atoms with Crippen LogP contribution in [0.3, 0.4) is 0 Å². The number of amides is 8. The zero-order valence-electron chi connectivity index (χ0n) is 45.0. The molecule has 19 heteroatoms. The van der Waals surface area contributed by atoms with E-state index in [9.17, 15) is 38.4 Å². The maximum absolute atomic E-state index is 14.7. The van der Waals surface area contributed by atoms with Crippen molar-refractivity contribution in [2.75, 3.05) is 32.9 Å². The van der Waals surface area contributed by atoms with Crippen LogP contribution in [0.15, 0.2) is 66.7 Å². The number of nitrogens with two attached hydrogens (primary N) is 1. The monoisotopic (exact) mass is 1030 g/mol. The number of fused-ring (bicyclic) bond motifs is 2. The van der Waals surface area contributed by atoms with E-state index < -0.39 is 77.2 Å². The van der Waals surface area contributed by atoms with E-state index >= 15 is 0 Å². The molecular weight excluding hydrogens is 955 g/mol. The van der Waals surface area contributed by atoms with Gasteiger partial charge in [-0.15, -0.1) is 0 Å². The third kappa shape index (κ3) is 14.7. The van der Waals surface area contributed by atoms with Gasteiger partial charge >= 0.3 is 0 Å². The van der Waals surface area contributed by atoms with Crippen LogP contribution in [-0.2, 0) is 41.6 Å². The van der Waals surface area contributed by atoms with E-state index in [0.717, 1.165) is 54.4 Å². The molecule has 0 radical (unpaired) electrons. The predicted octanol–water partition coefficient (Wildman–Crippen LogP) is 2.85. The van der Waals surface area contributed by atoms with Gasteiger partial charge in [-0.25, -0.2) is 0 Å². The van der Waals surface area contributed by atoms with Gasteiger partial charge in [0.25, 0.3) is 11.8 Å². The van der Waals surface area contributed by atoms with Gasteiger partial charge in [-0.2, -0.15) is 0 Å². The summed E-state index contributed by atoms with van der Waals surface area (Å²) in [6.45, 7) is 12.3. The van der Waals surface area contributed by atoms with Crippen molar-refractivity contribution in [3.05, 3.63) is 100 Å². The highest BCUT2D eigenvalue weighted by molar-refractivity contribution is 6.01. The Bertz CT molecular complexity index is 2580. The minimum atomic E-state index is -1.11. The number of aryl methyl sites for hydroxylation is 2. The molecule has 0 saturated carbocycles. The lowest BCUT2D eigenvalue weighted by molar-refractivity contribution is -0.144. The molecule has 75 heavy (non-hydrogen) atoms. The molecule has 1 fully saturated rings. The van der Waals surface area contributed by atoms with E-state index in [1.54, 1.807) is 41.8 Å². The topological polar surface area (TPSA) is 274 Å². The molecule has 0 unspecified atom stereocenters. The third-order valence-electron chi connectivity index (χ3n) is 14.7. The van der Waals surface area contributed by atoms with Crippen LogP contribution in [0.2, 0.25) is 0 Å². The van der Waals surface area contributed by atoms with E-state index in [-0.39, 0.29) is 78.5 Å². The zero-order valence-corrected chi connectivity index (χ0v) is 45.0. The smallest absolute Gasteiger partial charge is 0.251 e. The van der Waals surface area contributed by atoms with Crippen molar-refractivity contribution in [1.29, 1.82) is 0 Å². The Balaban J connectivity index is 1.17. The highest BCUT2D eigenvalue weighted by atomic mass is 16.2. The van der Waals surface area contributed by atoms with Gasteiger partial charge in [-0.1, -0.05) is 83.1 Å². The maximum Gasteiger partial charge on any atom is 0.251 e. The molecule has 1 aliphatic heterocycles. The number of likely N-dealkylation sites (tertiary alicyclic amines) is 1. The number of carbonyl (C=O) groups is 8. The number of hydrogen-bond donors (Lipinski definition) is 10. The Hall–Kier alpha value is -6.86. The Labute approximate surface area is 441 Å². The molecule has 406 valence electrons. The number of nitrogen functional groups attached to an aromatic ring is 1. The minimum Gasteiger partial charge on any atom is -0.399 e. The van der Waals surface area contributed by atoms with Crippen molar-refractivity contribution in [3.8, 4) is 0 Å². The first-order chi connectivity index (χ1) is 35.6. The highest BCUT2D eigenvalue weighted by Crippen LogP contribution is 2.32. The second kappa shape index (κ2) is 25.6. The summed E-state index contributed by atoms with van der Waals surface area (Å²) in [5, 5.41) is 26.4. The largest absolute Gasteiger partial charge is 0.399 e. The number of benzene rings is 3. The summed E-state index contributed by atoms with van der Waals surface area (Å²) < 4.78 is 0. The molecule has 8 amide bonds. The summed E-state index contributed by atoms with van der Waals surface area (Å²) in [7, 11) is 3.28. The first kappa shape index (κ1) is 57.4. The first-order valence-electron chi connectivity index (χ1n) is 26.4. The van der Waals surface area contributed by atoms with E-state index in [0.29, 0.717) is 6.42 Å². The number of nitrogens with zero attached hydrogens (tertiary/aromatic N) is 1. The van der Waals surface area contributed by atoms with Crippen molar-refractivity contribution in [3.63, 3.8) is 0 Å². The Morgan fingerprint density at radius 2 is 1.21 bits per heavy atom. The first-order valence-corrected chi connectivity index (χ1v) is 26.4. The van der Waals surface area contributed by atoms with Gasteiger partial charge in [0, 0.05) is 35.9 Å². The number of nitrogens with one attached hydrogen (secondary N) is 9. The highest BCUT2D eigenvalue weighted by Gasteiger charge is 2.46. The molecule has 3 aromatic carbocycles. The van der Waals surface area contributed by atoms with Gasteiger partial charge in [0.2, 0.25) is 35.4 Å². The van der Waals surface area contributed by atoms with E-state index in [4.69, 9.17) is 5.73 Å². The van der Waals surface area contributed by atoms with E-state index in [2.05, 4.69) is 53.9 Å². The maximum atomic E-state index is 14.7. The Morgan fingerprint density at radius 1 is 0.667 bits per heavy atom. The Kier molecular flexibility index (Phi) is 19.6. The molecule has 1 heterocycles. The molecular formula is C56H79N11O8. The quantitative estimate of drug-likeness (QED) is 0.0736. The van der Waals surface area contributed by atoms with Crippen LogP contribution in [-0.4, -0.2) is 122 Å². The van der Waals surface area contributed by atoms with Crippen LogP contribution in [0.1, 0.15) is 142 Å². The average molecular weight is 1030 g/mol. The summed E-state index contributed by atoms with van der Waals surface area (Å²) in [4.78, 5) is 113. The third-order valence-corrected chi connectivity index (χ3v) is 14.7. The lowest BCUT2D eigenvalue weighted by Gasteiger charge is -2.36. The predicted molar refractivity (Wildman–Crippen MR) is 287 cm³/mol. The molecule has 11 N–H and O–H groups in total. The van der Waals surface area contributed by atoms with Gasteiger partial charge in [0.05, 0.1) is 24.2 Å². The summed E-state index contributed by atoms with van der Waals surface area (Å²) in [6, 6.07) is 13.6. The molecule has 6 rings (SSSR count). The fourth-order valence-electron chi connectivity index (χ4n) is 10.1. The van der Waals surface area contributed by atoms with Crippen molar-refractivity contribution in [1.82, 2.24) is 52.8 Å². The van der Waals surface area contributed by atoms with Crippen molar-refractivity contribution >= 4 is 52.9 Å².